The molecule has 1 N–H and O–H groups in total. The number of rotatable bonds is 8. The predicted molar refractivity (Wildman–Crippen MR) is 162 cm³/mol. The van der Waals surface area contributed by atoms with Gasteiger partial charge in [0.05, 0.1) is 0 Å². The van der Waals surface area contributed by atoms with Gasteiger partial charge in [-0.15, -0.1) is 0 Å². The minimum absolute atomic E-state index is 0.0632. The van der Waals surface area contributed by atoms with Gasteiger partial charge in [-0.05, 0) is 71.3 Å². The molecule has 0 bridgehead atoms. The number of carbonyl (C=O) groups excluding carboxylic acids is 3. The molecule has 1 saturated heterocycles. The zero-order chi connectivity index (χ0) is 31.1. The molecule has 228 valence electrons. The normalized spacial score (nSPS) is 14.6. The van der Waals surface area contributed by atoms with Crippen LogP contribution in [-0.4, -0.2) is 55.1 Å². The lowest BCUT2D eigenvalue weighted by atomic mass is 9.79. The van der Waals surface area contributed by atoms with E-state index < -0.39 is 24.0 Å². The average Bonchev–Trinajstić information content (AvgIpc) is 3.05. The molecule has 1 unspecified atom stereocenters. The topological polar surface area (TPSA) is 75.7 Å². The minimum atomic E-state index is -5.39. The molecule has 4 aromatic rings. The maximum atomic E-state index is 13.3. The summed E-state index contributed by atoms with van der Waals surface area (Å²) in [6.07, 6.45) is -3.37. The van der Waals surface area contributed by atoms with Crippen molar-refractivity contribution in [2.75, 3.05) is 26.2 Å². The highest BCUT2D eigenvalue weighted by Crippen LogP contribution is 2.35. The Labute approximate surface area is 253 Å². The highest BCUT2D eigenvalue weighted by Gasteiger charge is 2.44. The summed E-state index contributed by atoms with van der Waals surface area (Å²) in [5.74, 6) is -5.87. The SMILES string of the molecule is O=C(OC(=O)C(F)(F)F)C(=O)N(CCc1ccccc1)CC(c1ccc(-c2cccc3ccccc23)cc1)C1CCNCC1. The van der Waals surface area contributed by atoms with Gasteiger partial charge < -0.3 is 15.0 Å². The van der Waals surface area contributed by atoms with E-state index >= 15 is 0 Å². The van der Waals surface area contributed by atoms with Crippen molar-refractivity contribution in [2.24, 2.45) is 5.92 Å². The van der Waals surface area contributed by atoms with Crippen molar-refractivity contribution in [3.05, 3.63) is 108 Å². The molecule has 6 nitrogen and oxygen atoms in total. The van der Waals surface area contributed by atoms with Crippen LogP contribution >= 0.6 is 0 Å². The van der Waals surface area contributed by atoms with Crippen molar-refractivity contribution in [3.63, 3.8) is 0 Å². The van der Waals surface area contributed by atoms with Crippen molar-refractivity contribution < 1.29 is 32.3 Å². The Hall–Kier alpha value is -4.50. The second-order valence-electron chi connectivity index (χ2n) is 11.0. The van der Waals surface area contributed by atoms with E-state index in [1.165, 1.54) is 4.90 Å². The predicted octanol–water partition coefficient (Wildman–Crippen LogP) is 6.29. The average molecular weight is 603 g/mol. The van der Waals surface area contributed by atoms with Crippen molar-refractivity contribution in [2.45, 2.75) is 31.4 Å². The summed E-state index contributed by atoms with van der Waals surface area (Å²) in [4.78, 5) is 38.4. The van der Waals surface area contributed by atoms with Crippen molar-refractivity contribution >= 4 is 28.6 Å². The van der Waals surface area contributed by atoms with Gasteiger partial charge in [0.25, 0.3) is 0 Å². The molecule has 0 radical (unpaired) electrons. The van der Waals surface area contributed by atoms with Crippen molar-refractivity contribution in [1.29, 1.82) is 0 Å². The number of benzene rings is 4. The summed E-state index contributed by atoms with van der Waals surface area (Å²) in [6, 6.07) is 31.7. The first-order valence-corrected chi connectivity index (χ1v) is 14.7. The molecule has 1 fully saturated rings. The van der Waals surface area contributed by atoms with Crippen LogP contribution < -0.4 is 5.32 Å². The van der Waals surface area contributed by atoms with Crippen LogP contribution in [0.15, 0.2) is 97.1 Å². The van der Waals surface area contributed by atoms with E-state index in [-0.39, 0.29) is 24.9 Å². The molecule has 1 atom stereocenters. The lowest BCUT2D eigenvalue weighted by Gasteiger charge is -2.35. The molecule has 0 saturated carbocycles. The summed E-state index contributed by atoms with van der Waals surface area (Å²) < 4.78 is 42.3. The first-order valence-electron chi connectivity index (χ1n) is 14.7. The van der Waals surface area contributed by atoms with E-state index in [1.54, 1.807) is 0 Å². The van der Waals surface area contributed by atoms with Gasteiger partial charge in [0, 0.05) is 19.0 Å². The Morgan fingerprint density at radius 2 is 1.50 bits per heavy atom. The monoisotopic (exact) mass is 602 g/mol. The molecule has 5 rings (SSSR count). The molecule has 1 aliphatic rings. The molecule has 1 amide bonds. The van der Waals surface area contributed by atoms with Gasteiger partial charge in [0.2, 0.25) is 0 Å². The first-order chi connectivity index (χ1) is 21.2. The number of nitrogens with zero attached hydrogens (tertiary/aromatic N) is 1. The van der Waals surface area contributed by atoms with Gasteiger partial charge in [-0.2, -0.15) is 13.2 Å². The van der Waals surface area contributed by atoms with Gasteiger partial charge in [-0.3, -0.25) is 4.79 Å². The number of halogens is 3. The van der Waals surface area contributed by atoms with Crippen LogP contribution in [0.5, 0.6) is 0 Å². The van der Waals surface area contributed by atoms with E-state index in [9.17, 15) is 27.6 Å². The van der Waals surface area contributed by atoms with E-state index in [0.29, 0.717) is 6.42 Å². The highest BCUT2D eigenvalue weighted by molar-refractivity contribution is 6.34. The molecule has 1 heterocycles. The maximum Gasteiger partial charge on any atom is 0.491 e. The number of carbonyl (C=O) groups is 3. The molecule has 9 heteroatoms. The summed E-state index contributed by atoms with van der Waals surface area (Å²) >= 11 is 0. The number of hydrogen-bond acceptors (Lipinski definition) is 5. The van der Waals surface area contributed by atoms with Crippen molar-refractivity contribution in [3.8, 4) is 11.1 Å². The van der Waals surface area contributed by atoms with Gasteiger partial charge in [0.15, 0.2) is 0 Å². The number of piperidine rings is 1. The van der Waals surface area contributed by atoms with E-state index in [1.807, 2.05) is 72.8 Å². The fraction of sp³-hybridized carbons (Fsp3) is 0.286. The van der Waals surface area contributed by atoms with Gasteiger partial charge >= 0.3 is 24.0 Å². The van der Waals surface area contributed by atoms with E-state index in [0.717, 1.165) is 59.0 Å². The summed E-state index contributed by atoms with van der Waals surface area (Å²) in [7, 11) is 0. The standard InChI is InChI=1S/C35H33F3N2O4/c36-35(37,38)34(43)44-33(42)32(41)40(22-19-24-7-2-1-3-8-24)23-31(28-17-20-39-21-18-28)27-15-13-26(14-16-27)30-12-6-10-25-9-4-5-11-29(25)30/h1-16,28,31,39H,17-23H2. The molecule has 44 heavy (non-hydrogen) atoms. The summed E-state index contributed by atoms with van der Waals surface area (Å²) in [5, 5.41) is 5.60. The number of nitrogens with one attached hydrogen (secondary N) is 1. The van der Waals surface area contributed by atoms with Crippen LogP contribution in [0.2, 0.25) is 0 Å². The minimum Gasteiger partial charge on any atom is -0.379 e. The van der Waals surface area contributed by atoms with Crippen LogP contribution in [-0.2, 0) is 25.5 Å². The number of hydrogen-bond donors (Lipinski definition) is 1. The Morgan fingerprint density at radius 1 is 0.841 bits per heavy atom. The van der Waals surface area contributed by atoms with Crippen LogP contribution in [0, 0.1) is 5.92 Å². The first kappa shape index (κ1) is 30.9. The Bertz CT molecular complexity index is 1590. The quantitative estimate of drug-likeness (QED) is 0.146. The largest absolute Gasteiger partial charge is 0.491 e. The molecule has 4 aromatic carbocycles. The Morgan fingerprint density at radius 3 is 2.20 bits per heavy atom. The summed E-state index contributed by atoms with van der Waals surface area (Å²) in [6.45, 7) is 1.72. The van der Waals surface area contributed by atoms with Crippen LogP contribution in [0.25, 0.3) is 21.9 Å². The molecule has 0 spiro atoms. The van der Waals surface area contributed by atoms with Crippen LogP contribution in [0.4, 0.5) is 13.2 Å². The highest BCUT2D eigenvalue weighted by atomic mass is 19.4. The molecule has 1 aliphatic heterocycles. The molecule has 0 aromatic heterocycles. The van der Waals surface area contributed by atoms with Gasteiger partial charge in [-0.25, -0.2) is 9.59 Å². The molecular weight excluding hydrogens is 569 g/mol. The zero-order valence-electron chi connectivity index (χ0n) is 24.1. The second kappa shape index (κ2) is 13.9. The smallest absolute Gasteiger partial charge is 0.379 e. The number of fused-ring (bicyclic) bond motifs is 1. The van der Waals surface area contributed by atoms with Crippen LogP contribution in [0.1, 0.15) is 29.9 Å². The fourth-order valence-electron chi connectivity index (χ4n) is 5.90. The Balaban J connectivity index is 1.44. The number of amides is 1. The second-order valence-corrected chi connectivity index (χ2v) is 11.0. The third-order valence-electron chi connectivity index (χ3n) is 8.20. The van der Waals surface area contributed by atoms with Gasteiger partial charge in [-0.1, -0.05) is 97.1 Å². The molecule has 0 aliphatic carbocycles. The lowest BCUT2D eigenvalue weighted by Crippen LogP contribution is -2.45. The van der Waals surface area contributed by atoms with E-state index in [4.69, 9.17) is 0 Å². The Kier molecular flexibility index (Phi) is 9.75. The fourth-order valence-corrected chi connectivity index (χ4v) is 5.90. The van der Waals surface area contributed by atoms with Crippen molar-refractivity contribution in [1.82, 2.24) is 10.2 Å². The number of esters is 2. The van der Waals surface area contributed by atoms with Crippen LogP contribution in [0.3, 0.4) is 0 Å². The molecular formula is C35H33F3N2O4. The number of alkyl halides is 3. The summed E-state index contributed by atoms with van der Waals surface area (Å²) in [5.41, 5.74) is 3.96. The lowest BCUT2D eigenvalue weighted by molar-refractivity contribution is -0.202. The maximum absolute atomic E-state index is 13.3. The third kappa shape index (κ3) is 7.52. The van der Waals surface area contributed by atoms with Gasteiger partial charge in [0.1, 0.15) is 0 Å². The zero-order valence-corrected chi connectivity index (χ0v) is 24.1. The number of ether oxygens (including phenoxy) is 1. The third-order valence-corrected chi connectivity index (χ3v) is 8.20. The van der Waals surface area contributed by atoms with E-state index in [2.05, 4.69) is 34.3 Å².